The highest BCUT2D eigenvalue weighted by atomic mass is 16.5. The zero-order valence-corrected chi connectivity index (χ0v) is 20.6. The Morgan fingerprint density at radius 3 is 2.76 bits per heavy atom. The van der Waals surface area contributed by atoms with E-state index in [2.05, 4.69) is 40.0 Å². The number of carbonyl (C=O) groups is 2. The molecule has 9 nitrogen and oxygen atoms in total. The lowest BCUT2D eigenvalue weighted by Crippen LogP contribution is -2.30. The van der Waals surface area contributed by atoms with E-state index < -0.39 is 0 Å². The van der Waals surface area contributed by atoms with Gasteiger partial charge in [-0.1, -0.05) is 25.5 Å². The SMILES string of the molecule is CCCC(C)N(C)Cc1c(C=O)cccc1NC(=O)COCCNCCN/C=C(\N)CNC. The van der Waals surface area contributed by atoms with E-state index >= 15 is 0 Å². The molecule has 1 atom stereocenters. The molecule has 9 heteroatoms. The summed E-state index contributed by atoms with van der Waals surface area (Å²) in [6.45, 7) is 8.06. The minimum absolute atomic E-state index is 0.0456. The van der Waals surface area contributed by atoms with Gasteiger partial charge in [-0.25, -0.2) is 0 Å². The normalized spacial score (nSPS) is 12.6. The molecule has 186 valence electrons. The van der Waals surface area contributed by atoms with Crippen LogP contribution in [0.4, 0.5) is 5.69 Å². The van der Waals surface area contributed by atoms with Crippen molar-refractivity contribution in [3.8, 4) is 0 Å². The van der Waals surface area contributed by atoms with Crippen LogP contribution in [0.3, 0.4) is 0 Å². The summed E-state index contributed by atoms with van der Waals surface area (Å²) in [5.74, 6) is -0.240. The number of anilines is 1. The van der Waals surface area contributed by atoms with Crippen LogP contribution in [0, 0.1) is 0 Å². The summed E-state index contributed by atoms with van der Waals surface area (Å²) in [5, 5.41) is 12.2. The number of aldehydes is 1. The quantitative estimate of drug-likeness (QED) is 0.163. The maximum atomic E-state index is 12.4. The molecule has 0 saturated carbocycles. The number of nitrogens with one attached hydrogen (secondary N) is 4. The Morgan fingerprint density at radius 2 is 2.06 bits per heavy atom. The molecule has 1 rings (SSSR count). The maximum Gasteiger partial charge on any atom is 0.250 e. The molecule has 1 unspecified atom stereocenters. The summed E-state index contributed by atoms with van der Waals surface area (Å²) >= 11 is 0. The predicted molar refractivity (Wildman–Crippen MR) is 134 cm³/mol. The highest BCUT2D eigenvalue weighted by molar-refractivity contribution is 5.94. The van der Waals surface area contributed by atoms with Gasteiger partial charge in [-0.15, -0.1) is 0 Å². The summed E-state index contributed by atoms with van der Waals surface area (Å²) in [7, 11) is 3.88. The lowest BCUT2D eigenvalue weighted by molar-refractivity contribution is -0.120. The first-order valence-corrected chi connectivity index (χ1v) is 11.6. The minimum atomic E-state index is -0.240. The van der Waals surface area contributed by atoms with E-state index in [-0.39, 0.29) is 12.5 Å². The smallest absolute Gasteiger partial charge is 0.250 e. The number of benzene rings is 1. The lowest BCUT2D eigenvalue weighted by atomic mass is 10.0. The second-order valence-corrected chi connectivity index (χ2v) is 8.10. The van der Waals surface area contributed by atoms with Crippen LogP contribution in [0.1, 0.15) is 42.6 Å². The third-order valence-corrected chi connectivity index (χ3v) is 5.25. The first-order valence-electron chi connectivity index (χ1n) is 11.6. The van der Waals surface area contributed by atoms with Crippen LogP contribution in [0.5, 0.6) is 0 Å². The largest absolute Gasteiger partial charge is 0.400 e. The number of hydrogen-bond acceptors (Lipinski definition) is 8. The third-order valence-electron chi connectivity index (χ3n) is 5.25. The van der Waals surface area contributed by atoms with Crippen LogP contribution >= 0.6 is 0 Å². The molecule has 0 radical (unpaired) electrons. The molecular weight excluding hydrogens is 420 g/mol. The van der Waals surface area contributed by atoms with Crippen molar-refractivity contribution in [1.82, 2.24) is 20.9 Å². The fourth-order valence-corrected chi connectivity index (χ4v) is 3.29. The van der Waals surface area contributed by atoms with E-state index in [0.29, 0.717) is 43.5 Å². The second-order valence-electron chi connectivity index (χ2n) is 8.10. The molecule has 0 heterocycles. The van der Waals surface area contributed by atoms with Crippen molar-refractivity contribution in [1.29, 1.82) is 0 Å². The van der Waals surface area contributed by atoms with Gasteiger partial charge in [0.05, 0.1) is 6.61 Å². The van der Waals surface area contributed by atoms with Crippen LogP contribution < -0.4 is 27.0 Å². The van der Waals surface area contributed by atoms with E-state index in [9.17, 15) is 9.59 Å². The molecular formula is C24H42N6O3. The van der Waals surface area contributed by atoms with Gasteiger partial charge in [-0.05, 0) is 33.5 Å². The van der Waals surface area contributed by atoms with E-state index in [4.69, 9.17) is 10.5 Å². The molecule has 33 heavy (non-hydrogen) atoms. The Morgan fingerprint density at radius 1 is 1.27 bits per heavy atom. The topological polar surface area (TPSA) is 121 Å². The van der Waals surface area contributed by atoms with Crippen molar-refractivity contribution in [2.75, 3.05) is 58.8 Å². The number of ether oxygens (including phenoxy) is 1. The minimum Gasteiger partial charge on any atom is -0.400 e. The van der Waals surface area contributed by atoms with E-state index in [1.165, 1.54) is 0 Å². The third kappa shape index (κ3) is 11.8. The Kier molecular flexibility index (Phi) is 14.8. The molecule has 0 saturated heterocycles. The van der Waals surface area contributed by atoms with Gasteiger partial charge in [-0.2, -0.15) is 0 Å². The zero-order chi connectivity index (χ0) is 24.5. The fraction of sp³-hybridized carbons (Fsp3) is 0.583. The van der Waals surface area contributed by atoms with Crippen LogP contribution in [0.2, 0.25) is 0 Å². The molecule has 1 amide bonds. The average molecular weight is 463 g/mol. The fourth-order valence-electron chi connectivity index (χ4n) is 3.29. The van der Waals surface area contributed by atoms with Crippen molar-refractivity contribution in [2.24, 2.45) is 5.73 Å². The summed E-state index contributed by atoms with van der Waals surface area (Å²) in [5.41, 5.74) is 8.57. The van der Waals surface area contributed by atoms with Crippen molar-refractivity contribution >= 4 is 17.9 Å². The Hall–Kier alpha value is -2.46. The molecule has 6 N–H and O–H groups in total. The number of nitrogens with zero attached hydrogens (tertiary/aromatic N) is 1. The number of carbonyl (C=O) groups excluding carboxylic acids is 2. The van der Waals surface area contributed by atoms with Gasteiger partial charge < -0.3 is 31.7 Å². The average Bonchev–Trinajstić information content (AvgIpc) is 2.79. The van der Waals surface area contributed by atoms with E-state index in [1.54, 1.807) is 18.3 Å². The molecule has 0 aliphatic carbocycles. The van der Waals surface area contributed by atoms with Crippen LogP contribution in [-0.2, 0) is 16.1 Å². The molecule has 0 bridgehead atoms. The van der Waals surface area contributed by atoms with Gasteiger partial charge in [-0.3, -0.25) is 14.5 Å². The van der Waals surface area contributed by atoms with Gasteiger partial charge in [0, 0.05) is 67.5 Å². The van der Waals surface area contributed by atoms with Gasteiger partial charge in [0.15, 0.2) is 0 Å². The first kappa shape index (κ1) is 28.6. The molecule has 0 aliphatic rings. The van der Waals surface area contributed by atoms with Gasteiger partial charge in [0.1, 0.15) is 12.9 Å². The molecule has 0 fully saturated rings. The highest BCUT2D eigenvalue weighted by Gasteiger charge is 2.15. The molecule has 0 aromatic heterocycles. The second kappa shape index (κ2) is 17.1. The van der Waals surface area contributed by atoms with Gasteiger partial charge in [0.2, 0.25) is 5.91 Å². The first-order chi connectivity index (χ1) is 15.9. The standard InChI is InChI=1S/C24H42N6O3/c1-5-7-19(2)30(4)16-22-20(17-31)8-6-9-23(22)29-24(32)18-33-13-12-27-10-11-28-15-21(25)14-26-3/h6,8-9,15,17,19,26-28H,5,7,10-14,16,18,25H2,1-4H3,(H,29,32)/b21-15-. The zero-order valence-electron chi connectivity index (χ0n) is 20.6. The number of nitrogens with two attached hydrogens (primary N) is 1. The van der Waals surface area contributed by atoms with Gasteiger partial charge in [0.25, 0.3) is 0 Å². The lowest BCUT2D eigenvalue weighted by Gasteiger charge is -2.26. The number of rotatable bonds is 18. The summed E-state index contributed by atoms with van der Waals surface area (Å²) in [4.78, 5) is 26.1. The predicted octanol–water partition coefficient (Wildman–Crippen LogP) is 1.27. The molecule has 1 aromatic carbocycles. The van der Waals surface area contributed by atoms with Crippen molar-refractivity contribution < 1.29 is 14.3 Å². The Balaban J connectivity index is 2.41. The molecule has 1 aromatic rings. The number of amides is 1. The van der Waals surface area contributed by atoms with Crippen LogP contribution in [0.15, 0.2) is 30.1 Å². The van der Waals surface area contributed by atoms with Gasteiger partial charge >= 0.3 is 0 Å². The maximum absolute atomic E-state index is 12.4. The van der Waals surface area contributed by atoms with Crippen molar-refractivity contribution in [3.63, 3.8) is 0 Å². The molecule has 0 aliphatic heterocycles. The van der Waals surface area contributed by atoms with Crippen LogP contribution in [-0.4, -0.2) is 76.6 Å². The summed E-state index contributed by atoms with van der Waals surface area (Å²) < 4.78 is 5.48. The number of likely N-dealkylation sites (N-methyl/N-ethyl adjacent to an activating group) is 1. The van der Waals surface area contributed by atoms with E-state index in [0.717, 1.165) is 43.5 Å². The number of hydrogen-bond donors (Lipinski definition) is 5. The van der Waals surface area contributed by atoms with Crippen LogP contribution in [0.25, 0.3) is 0 Å². The Bertz CT molecular complexity index is 741. The highest BCUT2D eigenvalue weighted by Crippen LogP contribution is 2.22. The summed E-state index contributed by atoms with van der Waals surface area (Å²) in [6, 6.07) is 5.76. The summed E-state index contributed by atoms with van der Waals surface area (Å²) in [6.07, 6.45) is 4.79. The monoisotopic (exact) mass is 462 g/mol. The Labute approximate surface area is 198 Å². The molecule has 0 spiro atoms. The van der Waals surface area contributed by atoms with E-state index in [1.807, 2.05) is 20.2 Å². The van der Waals surface area contributed by atoms with Crippen molar-refractivity contribution in [3.05, 3.63) is 41.2 Å². The van der Waals surface area contributed by atoms with Crippen molar-refractivity contribution in [2.45, 2.75) is 39.3 Å².